The fourth-order valence-corrected chi connectivity index (χ4v) is 5.13. The number of fused-ring (bicyclic) bond motifs is 1. The summed E-state index contributed by atoms with van der Waals surface area (Å²) in [5, 5.41) is 15.0. The van der Waals surface area contributed by atoms with Crippen LogP contribution in [0.1, 0.15) is 35.6 Å². The van der Waals surface area contributed by atoms with Crippen molar-refractivity contribution in [3.05, 3.63) is 83.7 Å². The number of hydrogen-bond acceptors (Lipinski definition) is 7. The molecule has 1 saturated heterocycles. The minimum absolute atomic E-state index is 0.261. The number of aryl methyl sites for hydroxylation is 1. The molecule has 4 N–H and O–H groups in total. The number of piperidine rings is 1. The van der Waals surface area contributed by atoms with Crippen LogP contribution >= 0.6 is 0 Å². The van der Waals surface area contributed by atoms with E-state index in [1.165, 1.54) is 0 Å². The molecular formula is C30H34N6O2. The number of carbonyl (C=O) groups is 1. The number of carboxylic acid groups (broad SMARTS) is 1. The number of anilines is 4. The number of pyridine rings is 2. The van der Waals surface area contributed by atoms with E-state index >= 15 is 0 Å². The molecule has 0 amide bonds. The van der Waals surface area contributed by atoms with Gasteiger partial charge in [0.05, 0.1) is 23.8 Å². The Hall–Kier alpha value is -4.17. The number of aromatic nitrogens is 2. The lowest BCUT2D eigenvalue weighted by Gasteiger charge is -2.31. The van der Waals surface area contributed by atoms with Crippen molar-refractivity contribution in [1.82, 2.24) is 9.97 Å². The van der Waals surface area contributed by atoms with Crippen LogP contribution in [0.25, 0.3) is 10.8 Å². The average molecular weight is 511 g/mol. The molecule has 1 atom stereocenters. The van der Waals surface area contributed by atoms with Crippen molar-refractivity contribution in [2.75, 3.05) is 42.3 Å². The summed E-state index contributed by atoms with van der Waals surface area (Å²) >= 11 is 0. The number of nitrogens with two attached hydrogens (primary N) is 1. The smallest absolute Gasteiger partial charge is 0.306 e. The lowest BCUT2D eigenvalue weighted by atomic mass is 9.92. The molecule has 0 saturated carbocycles. The molecule has 1 fully saturated rings. The lowest BCUT2D eigenvalue weighted by Crippen LogP contribution is -2.36. The van der Waals surface area contributed by atoms with Crippen LogP contribution < -0.4 is 20.9 Å². The highest BCUT2D eigenvalue weighted by atomic mass is 16.4. The topological polar surface area (TPSA) is 108 Å². The normalized spacial score (nSPS) is 14.9. The van der Waals surface area contributed by atoms with Crippen LogP contribution in [0.3, 0.4) is 0 Å². The summed E-state index contributed by atoms with van der Waals surface area (Å²) in [5.74, 6) is 0.784. The van der Waals surface area contributed by atoms with Gasteiger partial charge in [0.25, 0.3) is 0 Å². The summed E-state index contributed by atoms with van der Waals surface area (Å²) in [6.45, 7) is 3.47. The summed E-state index contributed by atoms with van der Waals surface area (Å²) in [6, 6.07) is 18.1. The first-order valence-corrected chi connectivity index (χ1v) is 12.9. The van der Waals surface area contributed by atoms with Crippen LogP contribution in [0, 0.1) is 12.8 Å². The number of hydrogen-bond donors (Lipinski definition) is 3. The first-order chi connectivity index (χ1) is 18.3. The molecule has 8 heteroatoms. The van der Waals surface area contributed by atoms with Crippen molar-refractivity contribution in [3.63, 3.8) is 0 Å². The van der Waals surface area contributed by atoms with Crippen LogP contribution in [0.4, 0.5) is 23.0 Å². The second-order valence-electron chi connectivity index (χ2n) is 10.2. The Labute approximate surface area is 223 Å². The molecule has 8 nitrogen and oxygen atoms in total. The zero-order valence-electron chi connectivity index (χ0n) is 22.1. The average Bonchev–Trinajstić information content (AvgIpc) is 2.93. The highest BCUT2D eigenvalue weighted by Crippen LogP contribution is 2.35. The van der Waals surface area contributed by atoms with Gasteiger partial charge in [0.15, 0.2) is 0 Å². The van der Waals surface area contributed by atoms with Gasteiger partial charge in [0.2, 0.25) is 0 Å². The molecular weight excluding hydrogens is 476 g/mol. The first-order valence-electron chi connectivity index (χ1n) is 12.9. The fraction of sp³-hybridized carbons (Fsp3) is 0.300. The van der Waals surface area contributed by atoms with E-state index in [1.807, 2.05) is 55.7 Å². The predicted molar refractivity (Wildman–Crippen MR) is 153 cm³/mol. The molecule has 5 rings (SSSR count). The SMILES string of the molecule is Cc1cccc(C(N)c2cccc3cnc(N(C)C)cc23)c1Nc1ccc(N2CCC(C(=O)O)CC2)nc1. The number of nitrogens with one attached hydrogen (secondary N) is 1. The second kappa shape index (κ2) is 10.7. The number of benzene rings is 2. The van der Waals surface area contributed by atoms with E-state index in [1.54, 1.807) is 0 Å². The van der Waals surface area contributed by atoms with E-state index in [9.17, 15) is 9.90 Å². The van der Waals surface area contributed by atoms with Crippen molar-refractivity contribution in [2.24, 2.45) is 11.7 Å². The second-order valence-corrected chi connectivity index (χ2v) is 10.2. The summed E-state index contributed by atoms with van der Waals surface area (Å²) < 4.78 is 0. The van der Waals surface area contributed by atoms with Crippen LogP contribution in [0.5, 0.6) is 0 Å². The van der Waals surface area contributed by atoms with Gasteiger partial charge in [-0.2, -0.15) is 0 Å². The fourth-order valence-electron chi connectivity index (χ4n) is 5.13. The largest absolute Gasteiger partial charge is 0.481 e. The van der Waals surface area contributed by atoms with Gasteiger partial charge in [0, 0.05) is 44.5 Å². The maximum absolute atomic E-state index is 11.3. The van der Waals surface area contributed by atoms with E-state index in [0.29, 0.717) is 25.9 Å². The summed E-state index contributed by atoms with van der Waals surface area (Å²) in [7, 11) is 3.97. The summed E-state index contributed by atoms with van der Waals surface area (Å²) in [6.07, 6.45) is 5.00. The third-order valence-electron chi connectivity index (χ3n) is 7.40. The molecule has 0 spiro atoms. The third kappa shape index (κ3) is 5.13. The molecule has 0 radical (unpaired) electrons. The molecule has 1 unspecified atom stereocenters. The van der Waals surface area contributed by atoms with Gasteiger partial charge in [-0.3, -0.25) is 4.79 Å². The van der Waals surface area contributed by atoms with Crippen LogP contribution in [-0.4, -0.2) is 48.2 Å². The molecule has 0 aliphatic carbocycles. The quantitative estimate of drug-likeness (QED) is 0.315. The minimum Gasteiger partial charge on any atom is -0.481 e. The van der Waals surface area contributed by atoms with Crippen molar-refractivity contribution in [1.29, 1.82) is 0 Å². The number of aliphatic carboxylic acids is 1. The molecule has 2 aromatic carbocycles. The Morgan fingerprint density at radius 1 is 1.05 bits per heavy atom. The van der Waals surface area contributed by atoms with E-state index in [4.69, 9.17) is 5.73 Å². The van der Waals surface area contributed by atoms with Gasteiger partial charge < -0.3 is 26.0 Å². The van der Waals surface area contributed by atoms with Crippen LogP contribution in [0.2, 0.25) is 0 Å². The first kappa shape index (κ1) is 25.5. The van der Waals surface area contributed by atoms with E-state index in [-0.39, 0.29) is 12.0 Å². The summed E-state index contributed by atoms with van der Waals surface area (Å²) in [5.41, 5.74) is 11.9. The molecule has 0 bridgehead atoms. The lowest BCUT2D eigenvalue weighted by molar-refractivity contribution is -0.142. The Morgan fingerprint density at radius 2 is 1.79 bits per heavy atom. The van der Waals surface area contributed by atoms with Crippen molar-refractivity contribution in [2.45, 2.75) is 25.8 Å². The van der Waals surface area contributed by atoms with Crippen molar-refractivity contribution >= 4 is 39.8 Å². The molecule has 1 aliphatic heterocycles. The van der Waals surface area contributed by atoms with Gasteiger partial charge in [-0.25, -0.2) is 9.97 Å². The molecule has 1 aliphatic rings. The highest BCUT2D eigenvalue weighted by Gasteiger charge is 2.25. The van der Waals surface area contributed by atoms with Gasteiger partial charge in [0.1, 0.15) is 11.6 Å². The van der Waals surface area contributed by atoms with Gasteiger partial charge in [-0.1, -0.05) is 36.4 Å². The van der Waals surface area contributed by atoms with E-state index < -0.39 is 5.97 Å². The van der Waals surface area contributed by atoms with Crippen molar-refractivity contribution < 1.29 is 9.90 Å². The zero-order valence-corrected chi connectivity index (χ0v) is 22.1. The molecule has 4 aromatic rings. The Morgan fingerprint density at radius 3 is 2.47 bits per heavy atom. The maximum Gasteiger partial charge on any atom is 0.306 e. The Bertz CT molecular complexity index is 1450. The Balaban J connectivity index is 1.41. The monoisotopic (exact) mass is 510 g/mol. The highest BCUT2D eigenvalue weighted by molar-refractivity contribution is 5.88. The van der Waals surface area contributed by atoms with Crippen LogP contribution in [0.15, 0.2) is 67.0 Å². The molecule has 2 aromatic heterocycles. The summed E-state index contributed by atoms with van der Waals surface area (Å²) in [4.78, 5) is 24.6. The van der Waals surface area contributed by atoms with Gasteiger partial charge in [-0.15, -0.1) is 0 Å². The van der Waals surface area contributed by atoms with Gasteiger partial charge >= 0.3 is 5.97 Å². The molecule has 196 valence electrons. The number of rotatable bonds is 7. The third-order valence-corrected chi connectivity index (χ3v) is 7.40. The maximum atomic E-state index is 11.3. The van der Waals surface area contributed by atoms with Crippen LogP contribution in [-0.2, 0) is 4.79 Å². The van der Waals surface area contributed by atoms with Crippen molar-refractivity contribution in [3.8, 4) is 0 Å². The van der Waals surface area contributed by atoms with Gasteiger partial charge in [-0.05, 0) is 60.0 Å². The number of para-hydroxylation sites is 1. The number of nitrogens with zero attached hydrogens (tertiary/aromatic N) is 4. The molecule has 38 heavy (non-hydrogen) atoms. The number of carboxylic acids is 1. The van der Waals surface area contributed by atoms with E-state index in [0.717, 1.165) is 50.5 Å². The minimum atomic E-state index is -0.706. The Kier molecular flexibility index (Phi) is 7.15. The zero-order chi connectivity index (χ0) is 26.8. The standard InChI is InChI=1S/C30H34N6O2/c1-19-6-4-9-24(28(31)23-8-5-7-21-17-32-27(35(2)3)16-25(21)23)29(19)34-22-10-11-26(33-18-22)36-14-12-20(13-15-36)30(37)38/h4-11,16-18,20,28,34H,12-15,31H2,1-3H3,(H,37,38). The predicted octanol–water partition coefficient (Wildman–Crippen LogP) is 5.10. The van der Waals surface area contributed by atoms with E-state index in [2.05, 4.69) is 57.4 Å². The molecule has 3 heterocycles.